The van der Waals surface area contributed by atoms with E-state index in [-0.39, 0.29) is 29.4 Å². The molecule has 0 unspecified atom stereocenters. The summed E-state index contributed by atoms with van der Waals surface area (Å²) in [6.07, 6.45) is 2.89. The van der Waals surface area contributed by atoms with Crippen molar-refractivity contribution < 1.29 is 19.4 Å². The van der Waals surface area contributed by atoms with Crippen LogP contribution in [0.5, 0.6) is 0 Å². The van der Waals surface area contributed by atoms with Crippen molar-refractivity contribution in [2.24, 2.45) is 5.92 Å². The Labute approximate surface area is 148 Å². The number of carbonyl (C=O) groups excluding carboxylic acids is 1. The highest BCUT2D eigenvalue weighted by Crippen LogP contribution is 2.21. The first-order chi connectivity index (χ1) is 12.0. The Kier molecular flexibility index (Phi) is 5.79. The minimum absolute atomic E-state index is 0.0143. The minimum atomic E-state index is -0.795. The molecule has 0 aromatic carbocycles. The van der Waals surface area contributed by atoms with Gasteiger partial charge in [-0.15, -0.1) is 5.10 Å². The van der Waals surface area contributed by atoms with Gasteiger partial charge in [-0.1, -0.05) is 11.8 Å². The molecule has 2 saturated heterocycles. The highest BCUT2D eigenvalue weighted by molar-refractivity contribution is 7.99. The number of nitrogens with one attached hydrogen (secondary N) is 1. The topological polar surface area (TPSA) is 118 Å². The second-order valence-corrected chi connectivity index (χ2v) is 7.28. The van der Waals surface area contributed by atoms with Gasteiger partial charge in [0.15, 0.2) is 5.16 Å². The number of rotatable bonds is 6. The number of carboxylic acid groups (broad SMARTS) is 1. The Balaban J connectivity index is 1.52. The highest BCUT2D eigenvalue weighted by Gasteiger charge is 2.27. The molecule has 2 N–H and O–H groups in total. The van der Waals surface area contributed by atoms with Crippen molar-refractivity contribution in [3.05, 3.63) is 10.5 Å². The number of carbonyl (C=O) groups is 2. The molecule has 2 aliphatic rings. The number of H-pyrrole nitrogens is 1. The third-order valence-corrected chi connectivity index (χ3v) is 5.62. The number of piperidine rings is 1. The van der Waals surface area contributed by atoms with Crippen molar-refractivity contribution in [3.8, 4) is 0 Å². The first-order valence-corrected chi connectivity index (χ1v) is 9.43. The van der Waals surface area contributed by atoms with Crippen LogP contribution in [0.3, 0.4) is 0 Å². The minimum Gasteiger partial charge on any atom is -0.481 e. The molecule has 10 heteroatoms. The molecule has 0 radical (unpaired) electrons. The Morgan fingerprint density at radius 3 is 2.72 bits per heavy atom. The average Bonchev–Trinajstić information content (AvgIpc) is 3.24. The Bertz CT molecular complexity index is 674. The molecule has 2 fully saturated rings. The molecule has 1 atom stereocenters. The maximum absolute atomic E-state index is 12.3. The van der Waals surface area contributed by atoms with Crippen molar-refractivity contribution in [1.29, 1.82) is 0 Å². The number of hydrogen-bond donors (Lipinski definition) is 2. The van der Waals surface area contributed by atoms with Gasteiger partial charge in [0.05, 0.1) is 24.3 Å². The van der Waals surface area contributed by atoms with Gasteiger partial charge in [0.25, 0.3) is 0 Å². The number of amides is 1. The van der Waals surface area contributed by atoms with Crippen molar-refractivity contribution in [2.75, 3.05) is 25.4 Å². The predicted molar refractivity (Wildman–Crippen MR) is 89.5 cm³/mol. The zero-order valence-electron chi connectivity index (χ0n) is 13.8. The van der Waals surface area contributed by atoms with Crippen molar-refractivity contribution >= 4 is 23.6 Å². The van der Waals surface area contributed by atoms with Gasteiger partial charge in [0.1, 0.15) is 0 Å². The number of aliphatic carboxylic acids is 1. The van der Waals surface area contributed by atoms with E-state index in [4.69, 9.17) is 9.84 Å². The standard InChI is InChI=1S/C15H22N4O5S/c20-12(18-5-3-10(4-6-18)13(21)22)9-25-15-17-16-14(23)19(15)8-11-2-1-7-24-11/h10-11H,1-9H2,(H,16,23)(H,21,22)/t11-/m1/s1. The van der Waals surface area contributed by atoms with Crippen LogP contribution in [-0.4, -0.2) is 68.2 Å². The number of carboxylic acids is 1. The van der Waals surface area contributed by atoms with E-state index < -0.39 is 5.97 Å². The van der Waals surface area contributed by atoms with E-state index in [1.54, 1.807) is 4.90 Å². The van der Waals surface area contributed by atoms with Crippen LogP contribution in [0.15, 0.2) is 9.95 Å². The summed E-state index contributed by atoms with van der Waals surface area (Å²) in [6.45, 7) is 2.07. The summed E-state index contributed by atoms with van der Waals surface area (Å²) < 4.78 is 7.07. The monoisotopic (exact) mass is 370 g/mol. The van der Waals surface area contributed by atoms with Crippen molar-refractivity contribution in [2.45, 2.75) is 43.5 Å². The molecule has 0 bridgehead atoms. The van der Waals surface area contributed by atoms with Gasteiger partial charge < -0.3 is 14.7 Å². The van der Waals surface area contributed by atoms with Gasteiger partial charge in [-0.2, -0.15) is 0 Å². The second-order valence-electron chi connectivity index (χ2n) is 6.34. The molecule has 0 saturated carbocycles. The third-order valence-electron chi connectivity index (χ3n) is 4.66. The summed E-state index contributed by atoms with van der Waals surface area (Å²) in [6, 6.07) is 0. The van der Waals surface area contributed by atoms with E-state index in [2.05, 4.69) is 10.2 Å². The molecule has 1 amide bonds. The first-order valence-electron chi connectivity index (χ1n) is 8.45. The first kappa shape index (κ1) is 18.0. The van der Waals surface area contributed by atoms with E-state index in [0.29, 0.717) is 44.2 Å². The molecule has 1 aromatic heterocycles. The van der Waals surface area contributed by atoms with E-state index in [0.717, 1.165) is 12.8 Å². The van der Waals surface area contributed by atoms with Crippen LogP contribution in [0.4, 0.5) is 0 Å². The zero-order valence-corrected chi connectivity index (χ0v) is 14.7. The number of ether oxygens (including phenoxy) is 1. The van der Waals surface area contributed by atoms with Crippen LogP contribution >= 0.6 is 11.8 Å². The van der Waals surface area contributed by atoms with Gasteiger partial charge >= 0.3 is 11.7 Å². The Hall–Kier alpha value is -1.81. The number of hydrogen-bond acceptors (Lipinski definition) is 6. The van der Waals surface area contributed by atoms with Crippen molar-refractivity contribution in [3.63, 3.8) is 0 Å². The molecule has 0 spiro atoms. The predicted octanol–water partition coefficient (Wildman–Crippen LogP) is 0.166. The second kappa shape index (κ2) is 8.05. The molecular formula is C15H22N4O5S. The number of nitrogens with zero attached hydrogens (tertiary/aromatic N) is 3. The van der Waals surface area contributed by atoms with Crippen LogP contribution < -0.4 is 5.69 Å². The number of aromatic nitrogens is 3. The molecule has 9 nitrogen and oxygen atoms in total. The van der Waals surface area contributed by atoms with Crippen LogP contribution in [0, 0.1) is 5.92 Å². The normalized spacial score (nSPS) is 21.6. The van der Waals surface area contributed by atoms with Gasteiger partial charge in [0.2, 0.25) is 5.91 Å². The summed E-state index contributed by atoms with van der Waals surface area (Å²) in [7, 11) is 0. The van der Waals surface area contributed by atoms with Crippen LogP contribution in [0.25, 0.3) is 0 Å². The lowest BCUT2D eigenvalue weighted by molar-refractivity contribution is -0.145. The molecule has 3 rings (SSSR count). The lowest BCUT2D eigenvalue weighted by Gasteiger charge is -2.30. The Morgan fingerprint density at radius 1 is 1.32 bits per heavy atom. The zero-order chi connectivity index (χ0) is 17.8. The molecule has 1 aromatic rings. The third kappa shape index (κ3) is 4.43. The van der Waals surface area contributed by atoms with Crippen LogP contribution in [-0.2, 0) is 20.9 Å². The van der Waals surface area contributed by atoms with Gasteiger partial charge in [-0.05, 0) is 25.7 Å². The quantitative estimate of drug-likeness (QED) is 0.685. The lowest BCUT2D eigenvalue weighted by Crippen LogP contribution is -2.41. The van der Waals surface area contributed by atoms with Crippen LogP contribution in [0.1, 0.15) is 25.7 Å². The summed E-state index contributed by atoms with van der Waals surface area (Å²) >= 11 is 1.22. The molecule has 25 heavy (non-hydrogen) atoms. The molecule has 138 valence electrons. The molecule has 2 aliphatic heterocycles. The number of likely N-dealkylation sites (tertiary alicyclic amines) is 1. The largest absolute Gasteiger partial charge is 0.481 e. The fraction of sp³-hybridized carbons (Fsp3) is 0.733. The van der Waals surface area contributed by atoms with E-state index in [9.17, 15) is 14.4 Å². The number of aromatic amines is 1. The van der Waals surface area contributed by atoms with E-state index >= 15 is 0 Å². The maximum Gasteiger partial charge on any atom is 0.344 e. The summed E-state index contributed by atoms with van der Waals surface area (Å²) in [5.74, 6) is -1.04. The average molecular weight is 370 g/mol. The molecular weight excluding hydrogens is 348 g/mol. The fourth-order valence-electron chi connectivity index (χ4n) is 3.16. The molecule has 0 aliphatic carbocycles. The highest BCUT2D eigenvalue weighted by atomic mass is 32.2. The van der Waals surface area contributed by atoms with E-state index in [1.165, 1.54) is 16.3 Å². The number of thioether (sulfide) groups is 1. The molecule has 3 heterocycles. The maximum atomic E-state index is 12.3. The van der Waals surface area contributed by atoms with Crippen molar-refractivity contribution in [1.82, 2.24) is 19.7 Å². The smallest absolute Gasteiger partial charge is 0.344 e. The van der Waals surface area contributed by atoms with Gasteiger partial charge in [-0.25, -0.2) is 9.89 Å². The summed E-state index contributed by atoms with van der Waals surface area (Å²) in [4.78, 5) is 36.9. The fourth-order valence-corrected chi connectivity index (χ4v) is 4.02. The lowest BCUT2D eigenvalue weighted by atomic mass is 9.97. The van der Waals surface area contributed by atoms with E-state index in [1.807, 2.05) is 0 Å². The van der Waals surface area contributed by atoms with Crippen LogP contribution in [0.2, 0.25) is 0 Å². The van der Waals surface area contributed by atoms with Gasteiger partial charge in [0, 0.05) is 19.7 Å². The summed E-state index contributed by atoms with van der Waals surface area (Å²) in [5, 5.41) is 15.9. The Morgan fingerprint density at radius 2 is 2.08 bits per heavy atom. The SMILES string of the molecule is O=C(O)C1CCN(C(=O)CSc2n[nH]c(=O)n2C[C@H]2CCCO2)CC1. The summed E-state index contributed by atoms with van der Waals surface area (Å²) in [5.41, 5.74) is -0.298. The van der Waals surface area contributed by atoms with Gasteiger partial charge in [-0.3, -0.25) is 14.2 Å².